The molecule has 0 radical (unpaired) electrons. The number of benzene rings is 1. The SMILES string of the molecule is Nc1ccc(NCCc2ccc([N+](=O)[O-])cc2)nn1. The topological polar surface area (TPSA) is 107 Å². The van der Waals surface area contributed by atoms with Gasteiger partial charge in [0.25, 0.3) is 5.69 Å². The van der Waals surface area contributed by atoms with Crippen molar-refractivity contribution in [2.75, 3.05) is 17.6 Å². The van der Waals surface area contributed by atoms with Crippen molar-refractivity contribution >= 4 is 17.3 Å². The molecule has 2 aromatic rings. The fourth-order valence-corrected chi connectivity index (χ4v) is 1.56. The lowest BCUT2D eigenvalue weighted by molar-refractivity contribution is -0.384. The summed E-state index contributed by atoms with van der Waals surface area (Å²) in [5, 5.41) is 21.2. The Hall–Kier alpha value is -2.70. The Labute approximate surface area is 109 Å². The average molecular weight is 259 g/mol. The monoisotopic (exact) mass is 259 g/mol. The van der Waals surface area contributed by atoms with Gasteiger partial charge in [-0.15, -0.1) is 10.2 Å². The summed E-state index contributed by atoms with van der Waals surface area (Å²) in [6, 6.07) is 9.90. The Morgan fingerprint density at radius 3 is 2.47 bits per heavy atom. The van der Waals surface area contributed by atoms with Crippen molar-refractivity contribution in [3.05, 3.63) is 52.1 Å². The summed E-state index contributed by atoms with van der Waals surface area (Å²) in [4.78, 5) is 10.1. The Bertz CT molecular complexity index is 553. The summed E-state index contributed by atoms with van der Waals surface area (Å²) in [5.41, 5.74) is 6.54. The van der Waals surface area contributed by atoms with Gasteiger partial charge >= 0.3 is 0 Å². The molecule has 1 aromatic heterocycles. The molecule has 0 aliphatic heterocycles. The summed E-state index contributed by atoms with van der Waals surface area (Å²) in [6.45, 7) is 0.663. The van der Waals surface area contributed by atoms with Gasteiger partial charge in [-0.1, -0.05) is 12.1 Å². The number of rotatable bonds is 5. The fraction of sp³-hybridized carbons (Fsp3) is 0.167. The van der Waals surface area contributed by atoms with Crippen LogP contribution in [0.1, 0.15) is 5.56 Å². The van der Waals surface area contributed by atoms with Crippen LogP contribution in [0.5, 0.6) is 0 Å². The smallest absolute Gasteiger partial charge is 0.269 e. The number of hydrogen-bond acceptors (Lipinski definition) is 6. The van der Waals surface area contributed by atoms with Crippen LogP contribution in [0.3, 0.4) is 0 Å². The van der Waals surface area contributed by atoms with E-state index in [0.717, 1.165) is 12.0 Å². The molecule has 0 fully saturated rings. The standard InChI is InChI=1S/C12H13N5O2/c13-11-5-6-12(16-15-11)14-8-7-9-1-3-10(4-2-9)17(18)19/h1-6H,7-8H2,(H2,13,15)(H,14,16). The first kappa shape index (κ1) is 12.7. The Balaban J connectivity index is 1.85. The lowest BCUT2D eigenvalue weighted by atomic mass is 10.1. The number of aromatic nitrogens is 2. The van der Waals surface area contributed by atoms with Crippen LogP contribution in [0.4, 0.5) is 17.3 Å². The van der Waals surface area contributed by atoms with Gasteiger partial charge < -0.3 is 11.1 Å². The van der Waals surface area contributed by atoms with E-state index in [1.54, 1.807) is 24.3 Å². The largest absolute Gasteiger partial charge is 0.382 e. The van der Waals surface area contributed by atoms with E-state index in [1.165, 1.54) is 12.1 Å². The zero-order chi connectivity index (χ0) is 13.7. The lowest BCUT2D eigenvalue weighted by Crippen LogP contribution is -2.07. The maximum absolute atomic E-state index is 10.5. The van der Waals surface area contributed by atoms with Crippen LogP contribution >= 0.6 is 0 Å². The summed E-state index contributed by atoms with van der Waals surface area (Å²) < 4.78 is 0. The number of nitrogen functional groups attached to an aromatic ring is 1. The van der Waals surface area contributed by atoms with Gasteiger partial charge in [0.15, 0.2) is 0 Å². The third kappa shape index (κ3) is 3.63. The highest BCUT2D eigenvalue weighted by Gasteiger charge is 2.03. The summed E-state index contributed by atoms with van der Waals surface area (Å²) >= 11 is 0. The van der Waals surface area contributed by atoms with Crippen molar-refractivity contribution in [1.82, 2.24) is 10.2 Å². The minimum absolute atomic E-state index is 0.0983. The predicted molar refractivity (Wildman–Crippen MR) is 71.7 cm³/mol. The van der Waals surface area contributed by atoms with Gasteiger partial charge in [-0.3, -0.25) is 10.1 Å². The zero-order valence-corrected chi connectivity index (χ0v) is 10.1. The second-order valence-corrected chi connectivity index (χ2v) is 3.94. The molecule has 0 saturated heterocycles. The molecule has 0 unspecified atom stereocenters. The predicted octanol–water partition coefficient (Wildman–Crippen LogP) is 1.62. The molecule has 1 heterocycles. The van der Waals surface area contributed by atoms with E-state index in [0.29, 0.717) is 18.2 Å². The number of non-ortho nitro benzene ring substituents is 1. The van der Waals surface area contributed by atoms with Crippen LogP contribution < -0.4 is 11.1 Å². The van der Waals surface area contributed by atoms with Crippen LogP contribution in [0, 0.1) is 10.1 Å². The lowest BCUT2D eigenvalue weighted by Gasteiger charge is -2.04. The van der Waals surface area contributed by atoms with Crippen LogP contribution in [0.2, 0.25) is 0 Å². The van der Waals surface area contributed by atoms with E-state index in [-0.39, 0.29) is 5.69 Å². The minimum atomic E-state index is -0.411. The van der Waals surface area contributed by atoms with Crippen molar-refractivity contribution < 1.29 is 4.92 Å². The molecule has 0 saturated carbocycles. The number of hydrogen-bond donors (Lipinski definition) is 2. The van der Waals surface area contributed by atoms with E-state index in [4.69, 9.17) is 5.73 Å². The molecule has 19 heavy (non-hydrogen) atoms. The molecule has 98 valence electrons. The number of nitro groups is 1. The number of anilines is 2. The summed E-state index contributed by atoms with van der Waals surface area (Å²) in [5.74, 6) is 1.03. The molecule has 2 rings (SSSR count). The molecule has 0 aliphatic rings. The molecular weight excluding hydrogens is 246 g/mol. The Kier molecular flexibility index (Phi) is 3.87. The van der Waals surface area contributed by atoms with E-state index < -0.39 is 4.92 Å². The van der Waals surface area contributed by atoms with E-state index in [2.05, 4.69) is 15.5 Å². The summed E-state index contributed by atoms with van der Waals surface area (Å²) in [7, 11) is 0. The van der Waals surface area contributed by atoms with Gasteiger partial charge in [0.05, 0.1) is 4.92 Å². The molecule has 7 nitrogen and oxygen atoms in total. The number of nitrogens with two attached hydrogens (primary N) is 1. The maximum atomic E-state index is 10.5. The number of nitrogens with one attached hydrogen (secondary N) is 1. The molecule has 0 bridgehead atoms. The van der Waals surface area contributed by atoms with Crippen molar-refractivity contribution in [1.29, 1.82) is 0 Å². The maximum Gasteiger partial charge on any atom is 0.269 e. The Morgan fingerprint density at radius 2 is 1.89 bits per heavy atom. The van der Waals surface area contributed by atoms with Crippen molar-refractivity contribution in [3.63, 3.8) is 0 Å². The minimum Gasteiger partial charge on any atom is -0.382 e. The van der Waals surface area contributed by atoms with Crippen LogP contribution in [-0.2, 0) is 6.42 Å². The first-order valence-corrected chi connectivity index (χ1v) is 5.71. The van der Waals surface area contributed by atoms with Crippen molar-refractivity contribution in [2.45, 2.75) is 6.42 Å². The molecule has 0 spiro atoms. The molecule has 1 aromatic carbocycles. The molecule has 3 N–H and O–H groups in total. The third-order valence-electron chi connectivity index (χ3n) is 2.55. The highest BCUT2D eigenvalue weighted by Crippen LogP contribution is 2.12. The second-order valence-electron chi connectivity index (χ2n) is 3.94. The first-order chi connectivity index (χ1) is 9.15. The van der Waals surface area contributed by atoms with Crippen LogP contribution in [-0.4, -0.2) is 21.7 Å². The molecule has 0 amide bonds. The first-order valence-electron chi connectivity index (χ1n) is 5.71. The van der Waals surface area contributed by atoms with Gasteiger partial charge in [0.1, 0.15) is 11.6 Å². The van der Waals surface area contributed by atoms with Gasteiger partial charge in [-0.05, 0) is 24.1 Å². The van der Waals surface area contributed by atoms with Crippen molar-refractivity contribution in [2.24, 2.45) is 0 Å². The average Bonchev–Trinajstić information content (AvgIpc) is 2.41. The van der Waals surface area contributed by atoms with Crippen molar-refractivity contribution in [3.8, 4) is 0 Å². The molecular formula is C12H13N5O2. The molecule has 0 atom stereocenters. The van der Waals surface area contributed by atoms with Gasteiger partial charge in [-0.25, -0.2) is 0 Å². The van der Waals surface area contributed by atoms with Gasteiger partial charge in [-0.2, -0.15) is 0 Å². The molecule has 7 heteroatoms. The second kappa shape index (κ2) is 5.76. The third-order valence-corrected chi connectivity index (χ3v) is 2.55. The Morgan fingerprint density at radius 1 is 1.16 bits per heavy atom. The summed E-state index contributed by atoms with van der Waals surface area (Å²) in [6.07, 6.45) is 0.740. The quantitative estimate of drug-likeness (QED) is 0.624. The highest BCUT2D eigenvalue weighted by molar-refractivity contribution is 5.39. The van der Waals surface area contributed by atoms with Crippen LogP contribution in [0.15, 0.2) is 36.4 Å². The number of nitrogens with zero attached hydrogens (tertiary/aromatic N) is 3. The molecule has 0 aliphatic carbocycles. The van der Waals surface area contributed by atoms with Gasteiger partial charge in [0.2, 0.25) is 0 Å². The highest BCUT2D eigenvalue weighted by atomic mass is 16.6. The van der Waals surface area contributed by atoms with Crippen LogP contribution in [0.25, 0.3) is 0 Å². The van der Waals surface area contributed by atoms with E-state index in [1.807, 2.05) is 0 Å². The fourth-order valence-electron chi connectivity index (χ4n) is 1.56. The zero-order valence-electron chi connectivity index (χ0n) is 10.1. The normalized spacial score (nSPS) is 10.1. The van der Waals surface area contributed by atoms with Gasteiger partial charge in [0, 0.05) is 18.7 Å². The van der Waals surface area contributed by atoms with E-state index in [9.17, 15) is 10.1 Å². The number of nitro benzene ring substituents is 1. The van der Waals surface area contributed by atoms with E-state index >= 15 is 0 Å².